The fourth-order valence-corrected chi connectivity index (χ4v) is 2.08. The zero-order valence-electron chi connectivity index (χ0n) is 12.4. The molecule has 0 aliphatic heterocycles. The van der Waals surface area contributed by atoms with Gasteiger partial charge in [-0.2, -0.15) is 0 Å². The lowest BCUT2D eigenvalue weighted by molar-refractivity contribution is -0.131. The molecular weight excluding hydrogens is 264 g/mol. The summed E-state index contributed by atoms with van der Waals surface area (Å²) in [4.78, 5) is 15.9. The van der Waals surface area contributed by atoms with E-state index in [1.54, 1.807) is 17.1 Å². The van der Waals surface area contributed by atoms with Crippen LogP contribution in [0.2, 0.25) is 0 Å². The van der Waals surface area contributed by atoms with Gasteiger partial charge in [-0.05, 0) is 5.56 Å². The van der Waals surface area contributed by atoms with Crippen LogP contribution < -0.4 is 0 Å². The monoisotopic (exact) mass is 288 g/mol. The third kappa shape index (κ3) is 6.38. The highest BCUT2D eigenvalue weighted by molar-refractivity contribution is 5.78. The van der Waals surface area contributed by atoms with E-state index in [1.807, 2.05) is 35.2 Å². The third-order valence-corrected chi connectivity index (χ3v) is 3.08. The van der Waals surface area contributed by atoms with Crippen LogP contribution in [0.15, 0.2) is 55.6 Å². The molecule has 1 rings (SSSR count). The van der Waals surface area contributed by atoms with Crippen molar-refractivity contribution in [3.05, 3.63) is 61.2 Å². The van der Waals surface area contributed by atoms with Crippen molar-refractivity contribution < 1.29 is 9.90 Å². The van der Waals surface area contributed by atoms with Crippen LogP contribution in [0.4, 0.5) is 0 Å². The van der Waals surface area contributed by atoms with Gasteiger partial charge in [-0.15, -0.1) is 13.2 Å². The number of carbonyl (C=O) groups excluding carboxylic acids is 1. The maximum absolute atomic E-state index is 12.3. The first-order chi connectivity index (χ1) is 10.2. The summed E-state index contributed by atoms with van der Waals surface area (Å²) in [7, 11) is 0. The molecule has 0 spiro atoms. The van der Waals surface area contributed by atoms with Crippen LogP contribution >= 0.6 is 0 Å². The number of rotatable bonds is 10. The van der Waals surface area contributed by atoms with E-state index in [9.17, 15) is 9.90 Å². The number of amides is 1. The third-order valence-electron chi connectivity index (χ3n) is 3.08. The predicted octanol–water partition coefficient (Wildman–Crippen LogP) is 1.68. The van der Waals surface area contributed by atoms with E-state index in [2.05, 4.69) is 13.2 Å². The molecule has 0 bridgehead atoms. The SMILES string of the molecule is C=CCN(CC=C)C(=O)CN(CCO)Cc1ccccc1. The molecule has 0 aromatic heterocycles. The molecule has 0 radical (unpaired) electrons. The van der Waals surface area contributed by atoms with Gasteiger partial charge in [0.05, 0.1) is 13.2 Å². The molecule has 21 heavy (non-hydrogen) atoms. The topological polar surface area (TPSA) is 43.8 Å². The summed E-state index contributed by atoms with van der Waals surface area (Å²) < 4.78 is 0. The van der Waals surface area contributed by atoms with E-state index in [0.717, 1.165) is 5.56 Å². The molecule has 0 saturated carbocycles. The van der Waals surface area contributed by atoms with E-state index in [0.29, 0.717) is 26.2 Å². The van der Waals surface area contributed by atoms with Crippen LogP contribution in [0.25, 0.3) is 0 Å². The van der Waals surface area contributed by atoms with E-state index >= 15 is 0 Å². The number of aliphatic hydroxyl groups excluding tert-OH is 1. The maximum Gasteiger partial charge on any atom is 0.237 e. The Hall–Kier alpha value is -1.91. The van der Waals surface area contributed by atoms with Gasteiger partial charge in [0.15, 0.2) is 0 Å². The van der Waals surface area contributed by atoms with Crippen molar-refractivity contribution in [3.8, 4) is 0 Å². The van der Waals surface area contributed by atoms with Gasteiger partial charge >= 0.3 is 0 Å². The molecule has 0 aliphatic carbocycles. The van der Waals surface area contributed by atoms with Crippen LogP contribution in [-0.2, 0) is 11.3 Å². The van der Waals surface area contributed by atoms with Gasteiger partial charge in [0.25, 0.3) is 0 Å². The fraction of sp³-hybridized carbons (Fsp3) is 0.353. The average Bonchev–Trinajstić information content (AvgIpc) is 2.48. The van der Waals surface area contributed by atoms with Crippen LogP contribution in [0.5, 0.6) is 0 Å². The van der Waals surface area contributed by atoms with E-state index in [4.69, 9.17) is 0 Å². The minimum atomic E-state index is 0.0131. The van der Waals surface area contributed by atoms with Crippen molar-refractivity contribution in [1.82, 2.24) is 9.80 Å². The van der Waals surface area contributed by atoms with Gasteiger partial charge < -0.3 is 10.0 Å². The van der Waals surface area contributed by atoms with Gasteiger partial charge in [-0.1, -0.05) is 42.5 Å². The van der Waals surface area contributed by atoms with Gasteiger partial charge in [0.2, 0.25) is 5.91 Å². The molecule has 0 atom stereocenters. The molecule has 0 fully saturated rings. The molecule has 0 saturated heterocycles. The number of hydrogen-bond acceptors (Lipinski definition) is 3. The van der Waals surface area contributed by atoms with E-state index in [-0.39, 0.29) is 19.1 Å². The van der Waals surface area contributed by atoms with Gasteiger partial charge in [-0.3, -0.25) is 9.69 Å². The first-order valence-corrected chi connectivity index (χ1v) is 7.08. The van der Waals surface area contributed by atoms with Crippen LogP contribution in [0, 0.1) is 0 Å². The molecule has 1 aromatic carbocycles. The van der Waals surface area contributed by atoms with Crippen LogP contribution in [-0.4, -0.2) is 53.6 Å². The van der Waals surface area contributed by atoms with Crippen molar-refractivity contribution in [2.45, 2.75) is 6.54 Å². The summed E-state index contributed by atoms with van der Waals surface area (Å²) in [5.41, 5.74) is 1.12. The molecular formula is C17H24N2O2. The number of carbonyl (C=O) groups is 1. The lowest BCUT2D eigenvalue weighted by Crippen LogP contribution is -2.41. The smallest absolute Gasteiger partial charge is 0.237 e. The van der Waals surface area contributed by atoms with Crippen LogP contribution in [0.3, 0.4) is 0 Å². The molecule has 0 heterocycles. The lowest BCUT2D eigenvalue weighted by Gasteiger charge is -2.25. The second-order valence-corrected chi connectivity index (χ2v) is 4.80. The van der Waals surface area contributed by atoms with Crippen LogP contribution in [0.1, 0.15) is 5.56 Å². The molecule has 0 unspecified atom stereocenters. The van der Waals surface area contributed by atoms with E-state index < -0.39 is 0 Å². The maximum atomic E-state index is 12.3. The minimum Gasteiger partial charge on any atom is -0.395 e. The molecule has 4 heteroatoms. The average molecular weight is 288 g/mol. The fourth-order valence-electron chi connectivity index (χ4n) is 2.08. The largest absolute Gasteiger partial charge is 0.395 e. The summed E-state index contributed by atoms with van der Waals surface area (Å²) in [5, 5.41) is 9.17. The molecule has 1 amide bonds. The summed E-state index contributed by atoms with van der Waals surface area (Å²) in [6.45, 7) is 9.76. The molecule has 114 valence electrons. The van der Waals surface area contributed by atoms with Crippen molar-refractivity contribution in [1.29, 1.82) is 0 Å². The quantitative estimate of drug-likeness (QED) is 0.666. The summed E-state index contributed by atoms with van der Waals surface area (Å²) in [6, 6.07) is 9.92. The van der Waals surface area contributed by atoms with Crippen molar-refractivity contribution in [2.75, 3.05) is 32.8 Å². The number of nitrogens with zero attached hydrogens (tertiary/aromatic N) is 2. The number of aliphatic hydroxyl groups is 1. The first kappa shape index (κ1) is 17.1. The van der Waals surface area contributed by atoms with E-state index in [1.165, 1.54) is 0 Å². The van der Waals surface area contributed by atoms with Gasteiger partial charge in [0.1, 0.15) is 0 Å². The predicted molar refractivity (Wildman–Crippen MR) is 85.8 cm³/mol. The van der Waals surface area contributed by atoms with Gasteiger partial charge in [0, 0.05) is 26.2 Å². The Morgan fingerprint density at radius 1 is 1.14 bits per heavy atom. The Morgan fingerprint density at radius 3 is 2.29 bits per heavy atom. The zero-order valence-corrected chi connectivity index (χ0v) is 12.4. The highest BCUT2D eigenvalue weighted by atomic mass is 16.3. The number of hydrogen-bond donors (Lipinski definition) is 1. The Kier molecular flexibility index (Phi) is 8.09. The first-order valence-electron chi connectivity index (χ1n) is 7.08. The molecule has 1 aromatic rings. The number of benzene rings is 1. The summed E-state index contributed by atoms with van der Waals surface area (Å²) in [6.07, 6.45) is 3.41. The summed E-state index contributed by atoms with van der Waals surface area (Å²) >= 11 is 0. The Bertz CT molecular complexity index is 435. The Labute approximate surface area is 127 Å². The Balaban J connectivity index is 2.65. The Morgan fingerprint density at radius 2 is 1.76 bits per heavy atom. The van der Waals surface area contributed by atoms with Crippen molar-refractivity contribution >= 4 is 5.91 Å². The van der Waals surface area contributed by atoms with Crippen molar-refractivity contribution in [3.63, 3.8) is 0 Å². The molecule has 1 N–H and O–H groups in total. The molecule has 4 nitrogen and oxygen atoms in total. The minimum absolute atomic E-state index is 0.0131. The lowest BCUT2D eigenvalue weighted by atomic mass is 10.2. The van der Waals surface area contributed by atoms with Crippen molar-refractivity contribution in [2.24, 2.45) is 0 Å². The van der Waals surface area contributed by atoms with Gasteiger partial charge in [-0.25, -0.2) is 0 Å². The highest BCUT2D eigenvalue weighted by Crippen LogP contribution is 2.05. The standard InChI is InChI=1S/C17H24N2O2/c1-3-10-19(11-4-2)17(21)15-18(12-13-20)14-16-8-6-5-7-9-16/h3-9,20H,1-2,10-15H2. The zero-order chi connectivity index (χ0) is 15.5. The normalized spacial score (nSPS) is 10.4. The molecule has 0 aliphatic rings. The second-order valence-electron chi connectivity index (χ2n) is 4.80. The highest BCUT2D eigenvalue weighted by Gasteiger charge is 2.15. The second kappa shape index (κ2) is 9.91. The summed E-state index contributed by atoms with van der Waals surface area (Å²) in [5.74, 6) is 0.0131.